The number of nitrogens with zero attached hydrogens (tertiary/aromatic N) is 1. The summed E-state index contributed by atoms with van der Waals surface area (Å²) < 4.78 is 9.82. The van der Waals surface area contributed by atoms with E-state index in [1.165, 1.54) is 31.5 Å². The van der Waals surface area contributed by atoms with Crippen LogP contribution in [-0.4, -0.2) is 29.2 Å². The minimum atomic E-state index is -1.16. The number of rotatable bonds is 4. The summed E-state index contributed by atoms with van der Waals surface area (Å²) in [7, 11) is 1.45. The third-order valence-electron chi connectivity index (χ3n) is 2.66. The Kier molecular flexibility index (Phi) is 3.69. The van der Waals surface area contributed by atoms with Gasteiger partial charge in [-0.05, 0) is 19.1 Å². The molecule has 7 nitrogen and oxygen atoms in total. The number of aromatic carboxylic acids is 1. The molecule has 0 atom stereocenters. The second-order valence-corrected chi connectivity index (χ2v) is 4.01. The van der Waals surface area contributed by atoms with Gasteiger partial charge < -0.3 is 19.7 Å². The number of carbonyl (C=O) groups is 2. The molecule has 0 aliphatic rings. The van der Waals surface area contributed by atoms with Gasteiger partial charge in [-0.3, -0.25) is 4.79 Å². The molecule has 1 aromatic carbocycles. The molecule has 2 N–H and O–H groups in total. The van der Waals surface area contributed by atoms with E-state index in [2.05, 4.69) is 10.5 Å². The van der Waals surface area contributed by atoms with Gasteiger partial charge in [0.05, 0.1) is 24.6 Å². The van der Waals surface area contributed by atoms with Crippen molar-refractivity contribution in [3.05, 3.63) is 41.3 Å². The summed E-state index contributed by atoms with van der Waals surface area (Å²) in [5.74, 6) is -1.27. The van der Waals surface area contributed by atoms with E-state index in [-0.39, 0.29) is 17.0 Å². The van der Waals surface area contributed by atoms with Crippen molar-refractivity contribution in [2.24, 2.45) is 0 Å². The summed E-state index contributed by atoms with van der Waals surface area (Å²) in [5, 5.41) is 15.1. The minimum absolute atomic E-state index is 0.0316. The second kappa shape index (κ2) is 5.43. The Morgan fingerprint density at radius 3 is 2.70 bits per heavy atom. The van der Waals surface area contributed by atoms with E-state index in [9.17, 15) is 9.59 Å². The van der Waals surface area contributed by atoms with Crippen LogP contribution in [-0.2, 0) is 0 Å². The van der Waals surface area contributed by atoms with Crippen molar-refractivity contribution in [1.82, 2.24) is 5.16 Å². The van der Waals surface area contributed by atoms with Gasteiger partial charge in [-0.2, -0.15) is 0 Å². The van der Waals surface area contributed by atoms with Gasteiger partial charge in [0.2, 0.25) is 5.76 Å². The highest BCUT2D eigenvalue weighted by Crippen LogP contribution is 2.23. The smallest absolute Gasteiger partial charge is 0.337 e. The molecular weight excluding hydrogens is 264 g/mol. The average molecular weight is 276 g/mol. The maximum Gasteiger partial charge on any atom is 0.337 e. The molecular formula is C13H12N2O5. The molecule has 0 aliphatic heterocycles. The van der Waals surface area contributed by atoms with Crippen molar-refractivity contribution in [3.63, 3.8) is 0 Å². The number of aryl methyl sites for hydroxylation is 1. The van der Waals surface area contributed by atoms with E-state index in [4.69, 9.17) is 14.4 Å². The Morgan fingerprint density at radius 1 is 1.40 bits per heavy atom. The third kappa shape index (κ3) is 2.61. The van der Waals surface area contributed by atoms with Gasteiger partial charge in [-0.15, -0.1) is 0 Å². The van der Waals surface area contributed by atoms with E-state index < -0.39 is 11.9 Å². The number of benzene rings is 1. The molecule has 0 bridgehead atoms. The number of anilines is 1. The Morgan fingerprint density at radius 2 is 2.15 bits per heavy atom. The standard InChI is InChI=1S/C13H12N2O5/c1-7-6-14-20-11(7)12(16)15-10-5-8(19-2)3-4-9(10)13(17)18/h3-6H,1-2H3,(H,15,16)(H,17,18). The Bertz CT molecular complexity index is 663. The fourth-order valence-electron chi connectivity index (χ4n) is 1.63. The molecule has 7 heteroatoms. The molecule has 2 rings (SSSR count). The van der Waals surface area contributed by atoms with Gasteiger partial charge >= 0.3 is 5.97 Å². The van der Waals surface area contributed by atoms with Crippen LogP contribution in [0.2, 0.25) is 0 Å². The van der Waals surface area contributed by atoms with Gasteiger partial charge in [0, 0.05) is 11.6 Å². The fraction of sp³-hybridized carbons (Fsp3) is 0.154. The zero-order valence-electron chi connectivity index (χ0n) is 10.8. The summed E-state index contributed by atoms with van der Waals surface area (Å²) in [5.41, 5.74) is 0.635. The summed E-state index contributed by atoms with van der Waals surface area (Å²) in [6.07, 6.45) is 1.40. The molecule has 0 unspecified atom stereocenters. The molecule has 1 aromatic heterocycles. The molecule has 0 radical (unpaired) electrons. The number of nitrogens with one attached hydrogen (secondary N) is 1. The maximum atomic E-state index is 12.0. The minimum Gasteiger partial charge on any atom is -0.497 e. The van der Waals surface area contributed by atoms with E-state index >= 15 is 0 Å². The van der Waals surface area contributed by atoms with Gasteiger partial charge in [-0.25, -0.2) is 4.79 Å². The lowest BCUT2D eigenvalue weighted by Crippen LogP contribution is -2.15. The fourth-order valence-corrected chi connectivity index (χ4v) is 1.63. The van der Waals surface area contributed by atoms with Gasteiger partial charge in [0.1, 0.15) is 5.75 Å². The Labute approximate surface area is 114 Å². The Balaban J connectivity index is 2.34. The zero-order chi connectivity index (χ0) is 14.7. The average Bonchev–Trinajstić information content (AvgIpc) is 2.84. The van der Waals surface area contributed by atoms with Crippen LogP contribution in [0.25, 0.3) is 0 Å². The van der Waals surface area contributed by atoms with Crippen LogP contribution in [0.15, 0.2) is 28.9 Å². The number of hydrogen-bond acceptors (Lipinski definition) is 5. The van der Waals surface area contributed by atoms with Crippen LogP contribution in [0, 0.1) is 6.92 Å². The van der Waals surface area contributed by atoms with E-state index in [1.807, 2.05) is 0 Å². The maximum absolute atomic E-state index is 12.0. The van der Waals surface area contributed by atoms with Gasteiger partial charge in [0.15, 0.2) is 0 Å². The predicted molar refractivity (Wildman–Crippen MR) is 69.1 cm³/mol. The summed E-state index contributed by atoms with van der Waals surface area (Å²) in [6, 6.07) is 4.27. The second-order valence-electron chi connectivity index (χ2n) is 4.01. The topological polar surface area (TPSA) is 102 Å². The monoisotopic (exact) mass is 276 g/mol. The first kappa shape index (κ1) is 13.6. The van der Waals surface area contributed by atoms with Crippen molar-refractivity contribution < 1.29 is 24.0 Å². The van der Waals surface area contributed by atoms with Crippen molar-refractivity contribution in [1.29, 1.82) is 0 Å². The summed E-state index contributed by atoms with van der Waals surface area (Å²) in [4.78, 5) is 23.1. The molecule has 0 spiro atoms. The van der Waals surface area contributed by atoms with Gasteiger partial charge in [-0.1, -0.05) is 5.16 Å². The summed E-state index contributed by atoms with van der Waals surface area (Å²) in [6.45, 7) is 1.66. The number of hydrogen-bond donors (Lipinski definition) is 2. The molecule has 0 aliphatic carbocycles. The first-order valence-electron chi connectivity index (χ1n) is 5.67. The van der Waals surface area contributed by atoms with Gasteiger partial charge in [0.25, 0.3) is 5.91 Å². The quantitative estimate of drug-likeness (QED) is 0.884. The SMILES string of the molecule is COc1ccc(C(=O)O)c(NC(=O)c2oncc2C)c1. The highest BCUT2D eigenvalue weighted by Gasteiger charge is 2.18. The lowest BCUT2D eigenvalue weighted by Gasteiger charge is -2.09. The zero-order valence-corrected chi connectivity index (χ0v) is 10.8. The largest absolute Gasteiger partial charge is 0.497 e. The van der Waals surface area contributed by atoms with Crippen molar-refractivity contribution >= 4 is 17.6 Å². The number of carboxylic acid groups (broad SMARTS) is 1. The van der Waals surface area contributed by atoms with Crippen LogP contribution in [0.3, 0.4) is 0 Å². The normalized spacial score (nSPS) is 10.1. The number of methoxy groups -OCH3 is 1. The van der Waals surface area contributed by atoms with Crippen molar-refractivity contribution in [3.8, 4) is 5.75 Å². The molecule has 2 aromatic rings. The first-order valence-corrected chi connectivity index (χ1v) is 5.67. The van der Waals surface area contributed by atoms with Crippen LogP contribution in [0.1, 0.15) is 26.5 Å². The third-order valence-corrected chi connectivity index (χ3v) is 2.66. The lowest BCUT2D eigenvalue weighted by atomic mass is 10.1. The number of ether oxygens (including phenoxy) is 1. The van der Waals surface area contributed by atoms with Crippen LogP contribution in [0.5, 0.6) is 5.75 Å². The molecule has 1 heterocycles. The number of amides is 1. The summed E-state index contributed by atoms with van der Waals surface area (Å²) >= 11 is 0. The first-order chi connectivity index (χ1) is 9.52. The molecule has 104 valence electrons. The molecule has 0 fully saturated rings. The molecule has 1 amide bonds. The van der Waals surface area contributed by atoms with Crippen LogP contribution >= 0.6 is 0 Å². The van der Waals surface area contributed by atoms with E-state index in [0.29, 0.717) is 11.3 Å². The number of carbonyl (C=O) groups excluding carboxylic acids is 1. The number of aromatic nitrogens is 1. The molecule has 0 saturated heterocycles. The van der Waals surface area contributed by atoms with E-state index in [0.717, 1.165) is 0 Å². The predicted octanol–water partition coefficient (Wildman–Crippen LogP) is 1.94. The van der Waals surface area contributed by atoms with Crippen LogP contribution in [0.4, 0.5) is 5.69 Å². The van der Waals surface area contributed by atoms with Crippen molar-refractivity contribution in [2.45, 2.75) is 6.92 Å². The molecule has 0 saturated carbocycles. The number of carboxylic acids is 1. The van der Waals surface area contributed by atoms with E-state index in [1.54, 1.807) is 6.92 Å². The Hall–Kier alpha value is -2.83. The van der Waals surface area contributed by atoms with Crippen LogP contribution < -0.4 is 10.1 Å². The highest BCUT2D eigenvalue weighted by atomic mass is 16.5. The van der Waals surface area contributed by atoms with Crippen molar-refractivity contribution in [2.75, 3.05) is 12.4 Å². The lowest BCUT2D eigenvalue weighted by molar-refractivity contribution is 0.0698. The highest BCUT2D eigenvalue weighted by molar-refractivity contribution is 6.07. The molecule has 20 heavy (non-hydrogen) atoms.